The van der Waals surface area contributed by atoms with Crippen LogP contribution in [0.5, 0.6) is 0 Å². The fourth-order valence-corrected chi connectivity index (χ4v) is 1.10. The molecule has 0 fully saturated rings. The van der Waals surface area contributed by atoms with Crippen molar-refractivity contribution in [3.63, 3.8) is 0 Å². The maximum atomic E-state index is 10.7. The van der Waals surface area contributed by atoms with Crippen LogP contribution in [0.4, 0.5) is 0 Å². The molecule has 0 aromatic carbocycles. The SMILES string of the molecule is CCNC(COCCOCC(C)C)C(=O)O. The van der Waals surface area contributed by atoms with E-state index in [9.17, 15) is 4.79 Å². The number of carbonyl (C=O) groups is 1. The average Bonchev–Trinajstić information content (AvgIpc) is 2.20. The summed E-state index contributed by atoms with van der Waals surface area (Å²) in [7, 11) is 0. The van der Waals surface area contributed by atoms with Crippen LogP contribution < -0.4 is 5.32 Å². The van der Waals surface area contributed by atoms with E-state index in [2.05, 4.69) is 19.2 Å². The quantitative estimate of drug-likeness (QED) is 0.545. The van der Waals surface area contributed by atoms with Crippen molar-refractivity contribution in [1.82, 2.24) is 5.32 Å². The molecular weight excluding hydrogens is 210 g/mol. The first-order chi connectivity index (χ1) is 7.57. The molecule has 0 aromatic rings. The summed E-state index contributed by atoms with van der Waals surface area (Å²) >= 11 is 0. The van der Waals surface area contributed by atoms with E-state index in [1.807, 2.05) is 6.92 Å². The molecule has 96 valence electrons. The zero-order chi connectivity index (χ0) is 12.4. The van der Waals surface area contributed by atoms with Gasteiger partial charge in [0.05, 0.1) is 19.8 Å². The van der Waals surface area contributed by atoms with Crippen molar-refractivity contribution >= 4 is 5.97 Å². The number of nitrogens with one attached hydrogen (secondary N) is 1. The number of carboxylic acids is 1. The smallest absolute Gasteiger partial charge is 0.323 e. The lowest BCUT2D eigenvalue weighted by Crippen LogP contribution is -2.40. The van der Waals surface area contributed by atoms with Crippen molar-refractivity contribution in [3.05, 3.63) is 0 Å². The monoisotopic (exact) mass is 233 g/mol. The molecule has 5 heteroatoms. The van der Waals surface area contributed by atoms with Gasteiger partial charge in [0.1, 0.15) is 6.04 Å². The van der Waals surface area contributed by atoms with E-state index >= 15 is 0 Å². The van der Waals surface area contributed by atoms with Crippen LogP contribution in [0, 0.1) is 5.92 Å². The van der Waals surface area contributed by atoms with Gasteiger partial charge in [-0.25, -0.2) is 0 Å². The number of carboxylic acid groups (broad SMARTS) is 1. The molecular formula is C11H23NO4. The maximum Gasteiger partial charge on any atom is 0.323 e. The van der Waals surface area contributed by atoms with E-state index < -0.39 is 12.0 Å². The molecule has 0 saturated heterocycles. The van der Waals surface area contributed by atoms with E-state index in [0.717, 1.165) is 0 Å². The highest BCUT2D eigenvalue weighted by Gasteiger charge is 2.15. The number of likely N-dealkylation sites (N-methyl/N-ethyl adjacent to an activating group) is 1. The largest absolute Gasteiger partial charge is 0.480 e. The summed E-state index contributed by atoms with van der Waals surface area (Å²) in [4.78, 5) is 10.7. The molecule has 5 nitrogen and oxygen atoms in total. The highest BCUT2D eigenvalue weighted by atomic mass is 16.5. The van der Waals surface area contributed by atoms with Gasteiger partial charge >= 0.3 is 5.97 Å². The van der Waals surface area contributed by atoms with Crippen molar-refractivity contribution in [2.75, 3.05) is 33.0 Å². The average molecular weight is 233 g/mol. The Bertz CT molecular complexity index is 185. The molecule has 2 N–H and O–H groups in total. The Morgan fingerprint density at radius 2 is 1.81 bits per heavy atom. The van der Waals surface area contributed by atoms with Crippen LogP contribution in [-0.4, -0.2) is 50.1 Å². The van der Waals surface area contributed by atoms with Crippen LogP contribution in [0.2, 0.25) is 0 Å². The van der Waals surface area contributed by atoms with E-state index in [-0.39, 0.29) is 6.61 Å². The Hall–Kier alpha value is -0.650. The summed E-state index contributed by atoms with van der Waals surface area (Å²) in [5.74, 6) is -0.376. The molecule has 0 spiro atoms. The highest BCUT2D eigenvalue weighted by Crippen LogP contribution is 1.92. The molecule has 0 bridgehead atoms. The van der Waals surface area contributed by atoms with Crippen molar-refractivity contribution in [1.29, 1.82) is 0 Å². The minimum absolute atomic E-state index is 0.175. The summed E-state index contributed by atoms with van der Waals surface area (Å²) in [6.07, 6.45) is 0. The predicted octanol–water partition coefficient (Wildman–Crippen LogP) is 0.738. The minimum Gasteiger partial charge on any atom is -0.480 e. The van der Waals surface area contributed by atoms with E-state index in [1.54, 1.807) is 0 Å². The molecule has 0 aliphatic heterocycles. The third-order valence-electron chi connectivity index (χ3n) is 1.86. The fourth-order valence-electron chi connectivity index (χ4n) is 1.10. The van der Waals surface area contributed by atoms with Gasteiger partial charge in [-0.1, -0.05) is 20.8 Å². The first-order valence-electron chi connectivity index (χ1n) is 5.69. The standard InChI is InChI=1S/C11H23NO4/c1-4-12-10(11(13)14)8-16-6-5-15-7-9(2)3/h9-10,12H,4-8H2,1-3H3,(H,13,14). The first kappa shape index (κ1) is 15.3. The number of hydrogen-bond donors (Lipinski definition) is 2. The first-order valence-corrected chi connectivity index (χ1v) is 5.69. The Morgan fingerprint density at radius 1 is 1.25 bits per heavy atom. The van der Waals surface area contributed by atoms with E-state index in [4.69, 9.17) is 14.6 Å². The van der Waals surface area contributed by atoms with Gasteiger partial charge in [-0.3, -0.25) is 4.79 Å². The van der Waals surface area contributed by atoms with Crippen molar-refractivity contribution < 1.29 is 19.4 Å². The summed E-state index contributed by atoms with van der Waals surface area (Å²) in [5, 5.41) is 11.6. The number of aliphatic carboxylic acids is 1. The summed E-state index contributed by atoms with van der Waals surface area (Å²) in [5.41, 5.74) is 0. The molecule has 16 heavy (non-hydrogen) atoms. The van der Waals surface area contributed by atoms with Crippen LogP contribution in [0.25, 0.3) is 0 Å². The lowest BCUT2D eigenvalue weighted by atomic mass is 10.2. The molecule has 0 saturated carbocycles. The lowest BCUT2D eigenvalue weighted by molar-refractivity contribution is -0.141. The van der Waals surface area contributed by atoms with Gasteiger partial charge in [-0.15, -0.1) is 0 Å². The highest BCUT2D eigenvalue weighted by molar-refractivity contribution is 5.73. The Kier molecular flexibility index (Phi) is 9.18. The van der Waals surface area contributed by atoms with Gasteiger partial charge in [-0.2, -0.15) is 0 Å². The second kappa shape index (κ2) is 9.57. The second-order valence-electron chi connectivity index (χ2n) is 3.99. The molecule has 1 unspecified atom stereocenters. The zero-order valence-electron chi connectivity index (χ0n) is 10.4. The van der Waals surface area contributed by atoms with E-state index in [0.29, 0.717) is 32.3 Å². The molecule has 0 aliphatic rings. The molecule has 1 atom stereocenters. The molecule has 0 rings (SSSR count). The maximum absolute atomic E-state index is 10.7. The normalized spacial score (nSPS) is 13.0. The van der Waals surface area contributed by atoms with Gasteiger partial charge in [0.2, 0.25) is 0 Å². The fraction of sp³-hybridized carbons (Fsp3) is 0.909. The third-order valence-corrected chi connectivity index (χ3v) is 1.86. The number of ether oxygens (including phenoxy) is 2. The Morgan fingerprint density at radius 3 is 2.25 bits per heavy atom. The van der Waals surface area contributed by atoms with Crippen LogP contribution in [0.15, 0.2) is 0 Å². The summed E-state index contributed by atoms with van der Waals surface area (Å²) < 4.78 is 10.5. The molecule has 0 aliphatic carbocycles. The van der Waals surface area contributed by atoms with Crippen LogP contribution >= 0.6 is 0 Å². The van der Waals surface area contributed by atoms with Gasteiger partial charge < -0.3 is 19.9 Å². The molecule has 0 heterocycles. The minimum atomic E-state index is -0.884. The van der Waals surface area contributed by atoms with Gasteiger partial charge in [0, 0.05) is 6.61 Å². The number of hydrogen-bond acceptors (Lipinski definition) is 4. The van der Waals surface area contributed by atoms with Crippen LogP contribution in [0.1, 0.15) is 20.8 Å². The zero-order valence-corrected chi connectivity index (χ0v) is 10.4. The van der Waals surface area contributed by atoms with Gasteiger partial charge in [0.25, 0.3) is 0 Å². The Labute approximate surface area is 97.1 Å². The lowest BCUT2D eigenvalue weighted by Gasteiger charge is -2.13. The Balaban J connectivity index is 3.44. The van der Waals surface area contributed by atoms with Crippen molar-refractivity contribution in [3.8, 4) is 0 Å². The van der Waals surface area contributed by atoms with Crippen LogP contribution in [-0.2, 0) is 14.3 Å². The molecule has 0 radical (unpaired) electrons. The topological polar surface area (TPSA) is 67.8 Å². The number of rotatable bonds is 10. The molecule has 0 amide bonds. The van der Waals surface area contributed by atoms with Crippen molar-refractivity contribution in [2.24, 2.45) is 5.92 Å². The van der Waals surface area contributed by atoms with Gasteiger partial charge in [-0.05, 0) is 12.5 Å². The second-order valence-corrected chi connectivity index (χ2v) is 3.99. The summed E-state index contributed by atoms with van der Waals surface area (Å²) in [6.45, 7) is 8.45. The molecule has 0 aromatic heterocycles. The third kappa shape index (κ3) is 8.64. The summed E-state index contributed by atoms with van der Waals surface area (Å²) in [6, 6.07) is -0.630. The van der Waals surface area contributed by atoms with Crippen LogP contribution in [0.3, 0.4) is 0 Å². The van der Waals surface area contributed by atoms with E-state index in [1.165, 1.54) is 0 Å². The predicted molar refractivity (Wildman–Crippen MR) is 61.6 cm³/mol. The van der Waals surface area contributed by atoms with Gasteiger partial charge in [0.15, 0.2) is 0 Å². The van der Waals surface area contributed by atoms with Crippen molar-refractivity contribution in [2.45, 2.75) is 26.8 Å².